The van der Waals surface area contributed by atoms with Gasteiger partial charge >= 0.3 is 0 Å². The van der Waals surface area contributed by atoms with Gasteiger partial charge in [-0.3, -0.25) is 9.59 Å². The summed E-state index contributed by atoms with van der Waals surface area (Å²) in [6.07, 6.45) is 4.60. The number of halogens is 1. The van der Waals surface area contributed by atoms with Gasteiger partial charge in [0, 0.05) is 25.6 Å². The van der Waals surface area contributed by atoms with E-state index < -0.39 is 5.82 Å². The number of hydrogen-bond donors (Lipinski definition) is 0. The lowest BCUT2D eigenvalue weighted by Crippen LogP contribution is -2.39. The summed E-state index contributed by atoms with van der Waals surface area (Å²) < 4.78 is 19.9. The van der Waals surface area contributed by atoms with Crippen LogP contribution < -0.4 is 14.5 Å². The Hall–Kier alpha value is -2.11. The predicted octanol–water partition coefficient (Wildman–Crippen LogP) is 3.11. The average molecular weight is 334 g/mol. The summed E-state index contributed by atoms with van der Waals surface area (Å²) in [5.74, 6) is -0.391. The number of anilines is 2. The largest absolute Gasteiger partial charge is 0.481 e. The van der Waals surface area contributed by atoms with Crippen molar-refractivity contribution in [2.45, 2.75) is 39.0 Å². The maximum atomic E-state index is 14.5. The van der Waals surface area contributed by atoms with Crippen molar-refractivity contribution in [3.63, 3.8) is 0 Å². The Labute approximate surface area is 141 Å². The summed E-state index contributed by atoms with van der Waals surface area (Å²) in [5, 5.41) is 0. The van der Waals surface area contributed by atoms with Crippen LogP contribution in [-0.4, -0.2) is 32.0 Å². The van der Waals surface area contributed by atoms with Crippen LogP contribution in [0.2, 0.25) is 0 Å². The van der Waals surface area contributed by atoms with Gasteiger partial charge in [0.25, 0.3) is 5.91 Å². The van der Waals surface area contributed by atoms with E-state index in [2.05, 4.69) is 0 Å². The molecular formula is C18H23FN2O3. The van der Waals surface area contributed by atoms with E-state index in [1.54, 1.807) is 18.0 Å². The zero-order valence-corrected chi connectivity index (χ0v) is 14.2. The number of nitrogens with zero attached hydrogens (tertiary/aromatic N) is 2. The Balaban J connectivity index is 1.94. The van der Waals surface area contributed by atoms with Crippen LogP contribution in [0.4, 0.5) is 15.8 Å². The Morgan fingerprint density at radius 2 is 2.08 bits per heavy atom. The lowest BCUT2D eigenvalue weighted by molar-refractivity contribution is -0.122. The molecule has 0 saturated heterocycles. The van der Waals surface area contributed by atoms with Gasteiger partial charge in [-0.2, -0.15) is 0 Å². The van der Waals surface area contributed by atoms with Crippen molar-refractivity contribution < 1.29 is 18.7 Å². The molecule has 1 saturated carbocycles. The van der Waals surface area contributed by atoms with Crippen LogP contribution in [0.1, 0.15) is 39.0 Å². The molecule has 130 valence electrons. The smallest absolute Gasteiger partial charge is 0.265 e. The highest BCUT2D eigenvalue weighted by Gasteiger charge is 2.31. The van der Waals surface area contributed by atoms with Gasteiger partial charge in [0.1, 0.15) is 5.75 Å². The fourth-order valence-electron chi connectivity index (χ4n) is 3.50. The third-order valence-corrected chi connectivity index (χ3v) is 4.81. The van der Waals surface area contributed by atoms with Gasteiger partial charge < -0.3 is 14.5 Å². The molecule has 6 heteroatoms. The zero-order valence-electron chi connectivity index (χ0n) is 14.2. The molecule has 1 aliphatic carbocycles. The average Bonchev–Trinajstić information content (AvgIpc) is 3.10. The summed E-state index contributed by atoms with van der Waals surface area (Å²) in [5.41, 5.74) is 0.737. The summed E-state index contributed by atoms with van der Waals surface area (Å²) in [4.78, 5) is 27.7. The van der Waals surface area contributed by atoms with Gasteiger partial charge in [-0.05, 0) is 25.3 Å². The minimum atomic E-state index is -0.506. The molecule has 1 aliphatic heterocycles. The molecule has 24 heavy (non-hydrogen) atoms. The van der Waals surface area contributed by atoms with Crippen molar-refractivity contribution in [1.29, 1.82) is 0 Å². The summed E-state index contributed by atoms with van der Waals surface area (Å²) >= 11 is 0. The lowest BCUT2D eigenvalue weighted by Gasteiger charge is -2.31. The first-order valence-corrected chi connectivity index (χ1v) is 8.57. The quantitative estimate of drug-likeness (QED) is 0.850. The number of ether oxygens (including phenoxy) is 1. The third-order valence-electron chi connectivity index (χ3n) is 4.81. The summed E-state index contributed by atoms with van der Waals surface area (Å²) in [6, 6.07) is 2.84. The van der Waals surface area contributed by atoms with Crippen molar-refractivity contribution in [3.8, 4) is 5.75 Å². The van der Waals surface area contributed by atoms with Crippen LogP contribution in [0, 0.1) is 11.7 Å². The topological polar surface area (TPSA) is 49.9 Å². The lowest BCUT2D eigenvalue weighted by atomic mass is 10.1. The Bertz CT molecular complexity index is 656. The number of hydrogen-bond acceptors (Lipinski definition) is 3. The van der Waals surface area contributed by atoms with Gasteiger partial charge in [0.15, 0.2) is 12.4 Å². The van der Waals surface area contributed by atoms with Gasteiger partial charge in [-0.1, -0.05) is 19.8 Å². The van der Waals surface area contributed by atoms with Crippen molar-refractivity contribution in [1.82, 2.24) is 0 Å². The normalized spacial score (nSPS) is 17.6. The molecule has 0 aromatic heterocycles. The molecule has 0 bridgehead atoms. The number of amides is 2. The molecule has 1 fully saturated rings. The Kier molecular flexibility index (Phi) is 4.73. The highest BCUT2D eigenvalue weighted by molar-refractivity contribution is 6.00. The number of rotatable bonds is 4. The molecule has 1 aromatic carbocycles. The van der Waals surface area contributed by atoms with Gasteiger partial charge in [-0.15, -0.1) is 0 Å². The molecule has 0 unspecified atom stereocenters. The highest BCUT2D eigenvalue weighted by atomic mass is 19.1. The first-order valence-electron chi connectivity index (χ1n) is 8.57. The molecular weight excluding hydrogens is 311 g/mol. The van der Waals surface area contributed by atoms with Gasteiger partial charge in [0.2, 0.25) is 5.91 Å². The molecule has 2 aliphatic rings. The first kappa shape index (κ1) is 16.7. The van der Waals surface area contributed by atoms with E-state index >= 15 is 0 Å². The molecule has 0 spiro atoms. The van der Waals surface area contributed by atoms with Crippen LogP contribution in [0.5, 0.6) is 5.75 Å². The fourth-order valence-corrected chi connectivity index (χ4v) is 3.50. The Morgan fingerprint density at radius 3 is 2.75 bits per heavy atom. The van der Waals surface area contributed by atoms with Crippen LogP contribution in [0.25, 0.3) is 0 Å². The van der Waals surface area contributed by atoms with Crippen LogP contribution in [-0.2, 0) is 9.59 Å². The van der Waals surface area contributed by atoms with E-state index in [4.69, 9.17) is 4.74 Å². The minimum absolute atomic E-state index is 0.0324. The first-order chi connectivity index (χ1) is 11.5. The second kappa shape index (κ2) is 6.79. The second-order valence-corrected chi connectivity index (χ2v) is 6.48. The van der Waals surface area contributed by atoms with E-state index in [-0.39, 0.29) is 30.0 Å². The SMILES string of the molecule is CCCN1C(=O)COc2cc(F)c(N(C)C(=O)C3CCCC3)cc21. The van der Waals surface area contributed by atoms with Gasteiger partial charge in [-0.25, -0.2) is 4.39 Å². The number of carbonyl (C=O) groups excluding carboxylic acids is 2. The van der Waals surface area contributed by atoms with Crippen LogP contribution in [0.15, 0.2) is 12.1 Å². The second-order valence-electron chi connectivity index (χ2n) is 6.48. The maximum Gasteiger partial charge on any atom is 0.265 e. The molecule has 1 aromatic rings. The van der Waals surface area contributed by atoms with E-state index in [0.29, 0.717) is 18.0 Å². The number of benzene rings is 1. The molecule has 0 N–H and O–H groups in total. The fraction of sp³-hybridized carbons (Fsp3) is 0.556. The monoisotopic (exact) mass is 334 g/mol. The summed E-state index contributed by atoms with van der Waals surface area (Å²) in [7, 11) is 1.60. The molecule has 5 nitrogen and oxygen atoms in total. The van der Waals surface area contributed by atoms with Gasteiger partial charge in [0.05, 0.1) is 11.4 Å². The minimum Gasteiger partial charge on any atom is -0.481 e. The summed E-state index contributed by atoms with van der Waals surface area (Å²) in [6.45, 7) is 2.44. The van der Waals surface area contributed by atoms with E-state index in [1.165, 1.54) is 11.0 Å². The standard InChI is InChI=1S/C18H23FN2O3/c1-3-8-21-15-10-14(13(19)9-16(15)24-11-17(21)22)20(2)18(23)12-6-4-5-7-12/h9-10,12H,3-8,11H2,1-2H3. The van der Waals surface area contributed by atoms with E-state index in [9.17, 15) is 14.0 Å². The predicted molar refractivity (Wildman–Crippen MR) is 89.9 cm³/mol. The molecule has 0 radical (unpaired) electrons. The molecule has 3 rings (SSSR count). The van der Waals surface area contributed by atoms with Crippen LogP contribution in [0.3, 0.4) is 0 Å². The molecule has 0 atom stereocenters. The number of carbonyl (C=O) groups is 2. The van der Waals surface area contributed by atoms with Crippen LogP contribution >= 0.6 is 0 Å². The van der Waals surface area contributed by atoms with Crippen molar-refractivity contribution in [2.75, 3.05) is 30.0 Å². The third kappa shape index (κ3) is 2.97. The Morgan fingerprint density at radius 1 is 1.38 bits per heavy atom. The van der Waals surface area contributed by atoms with E-state index in [1.807, 2.05) is 6.92 Å². The van der Waals surface area contributed by atoms with Crippen molar-refractivity contribution >= 4 is 23.2 Å². The number of fused-ring (bicyclic) bond motifs is 1. The maximum absolute atomic E-state index is 14.5. The van der Waals surface area contributed by atoms with Crippen molar-refractivity contribution in [3.05, 3.63) is 17.9 Å². The van der Waals surface area contributed by atoms with E-state index in [0.717, 1.165) is 32.1 Å². The zero-order chi connectivity index (χ0) is 17.3. The van der Waals surface area contributed by atoms with Crippen molar-refractivity contribution in [2.24, 2.45) is 5.92 Å². The molecule has 1 heterocycles. The molecule has 2 amide bonds. The highest BCUT2D eigenvalue weighted by Crippen LogP contribution is 2.38.